The minimum atomic E-state index is -4.99. The third-order valence-corrected chi connectivity index (χ3v) is 18.5. The van der Waals surface area contributed by atoms with Gasteiger partial charge >= 0.3 is 39.5 Å². The number of esters is 4. The van der Waals surface area contributed by atoms with E-state index in [4.69, 9.17) is 37.0 Å². The maximum absolute atomic E-state index is 13.1. The molecule has 5 unspecified atom stereocenters. The molecule has 0 aromatic carbocycles. The van der Waals surface area contributed by atoms with E-state index in [0.717, 1.165) is 161 Å². The van der Waals surface area contributed by atoms with Crippen LogP contribution < -0.4 is 0 Å². The van der Waals surface area contributed by atoms with E-state index in [1.165, 1.54) is 83.5 Å². The fraction of sp³-hybridized carbons (Fsp3) is 0.694. The molecule has 3 N–H and O–H groups in total. The van der Waals surface area contributed by atoms with Crippen LogP contribution in [0.25, 0.3) is 0 Å². The molecular formula is C85H144O17P2. The normalized spacial score (nSPS) is 14.6. The lowest BCUT2D eigenvalue weighted by molar-refractivity contribution is -0.161. The molecular weight excluding hydrogens is 1350 g/mol. The van der Waals surface area contributed by atoms with Gasteiger partial charge in [-0.25, -0.2) is 9.13 Å². The van der Waals surface area contributed by atoms with Gasteiger partial charge in [0.15, 0.2) is 12.2 Å². The average molecular weight is 1500 g/mol. The predicted octanol–water partition coefficient (Wildman–Crippen LogP) is 23.7. The van der Waals surface area contributed by atoms with Gasteiger partial charge in [0.25, 0.3) is 0 Å². The summed E-state index contributed by atoms with van der Waals surface area (Å²) in [5.41, 5.74) is 0. The van der Waals surface area contributed by atoms with Crippen LogP contribution in [0.1, 0.15) is 323 Å². The number of aliphatic hydroxyl groups is 1. The number of ether oxygens (including phenoxy) is 4. The largest absolute Gasteiger partial charge is 0.472 e. The Morgan fingerprint density at radius 1 is 0.279 bits per heavy atom. The summed E-state index contributed by atoms with van der Waals surface area (Å²) in [4.78, 5) is 73.0. The van der Waals surface area contributed by atoms with Gasteiger partial charge in [-0.3, -0.25) is 37.3 Å². The number of hydrogen-bond donors (Lipinski definition) is 3. The molecule has 0 amide bonds. The highest BCUT2D eigenvalue weighted by Crippen LogP contribution is 2.45. The van der Waals surface area contributed by atoms with Crippen molar-refractivity contribution < 1.29 is 80.2 Å². The van der Waals surface area contributed by atoms with Crippen molar-refractivity contribution in [3.63, 3.8) is 0 Å². The second-order valence-electron chi connectivity index (χ2n) is 26.6. The fourth-order valence-electron chi connectivity index (χ4n) is 10.5. The minimum absolute atomic E-state index is 0.0677. The minimum Gasteiger partial charge on any atom is -0.462 e. The number of unbranched alkanes of at least 4 members (excludes halogenated alkanes) is 27. The SMILES string of the molecule is CC/C=C\C/C=C\C/C=C\C/C=C\C/C=C\CCCCCC(=O)OCC(COP(=O)(O)OCC(O)COP(=O)(O)OCC(COC(=O)CCCC/C=C\C/C=C\C/C=C\C/C=C\CC)OC(=O)CCCCCCCCCCCCCCCCC)OC(=O)CCCCCCC/C=C\C/C=C\CCCCC. The Balaban J connectivity index is 5.43. The van der Waals surface area contributed by atoms with Crippen molar-refractivity contribution in [1.82, 2.24) is 0 Å². The number of carbonyl (C=O) groups excluding carboxylic acids is 4. The van der Waals surface area contributed by atoms with Crippen LogP contribution in [0.5, 0.6) is 0 Å². The number of hydrogen-bond acceptors (Lipinski definition) is 15. The number of allylic oxidation sites excluding steroid dienone is 22. The zero-order chi connectivity index (χ0) is 76.0. The monoisotopic (exact) mass is 1500 g/mol. The van der Waals surface area contributed by atoms with E-state index in [-0.39, 0.29) is 25.7 Å². The van der Waals surface area contributed by atoms with E-state index in [1.54, 1.807) is 0 Å². The number of phosphoric ester groups is 2. The summed E-state index contributed by atoms with van der Waals surface area (Å²) in [6.07, 6.45) is 85.7. The average Bonchev–Trinajstić information content (AvgIpc) is 0.918. The van der Waals surface area contributed by atoms with Gasteiger partial charge in [-0.05, 0) is 141 Å². The Bertz CT molecular complexity index is 2490. The second-order valence-corrected chi connectivity index (χ2v) is 29.5. The molecule has 5 atom stereocenters. The molecule has 0 heterocycles. The molecule has 0 aliphatic heterocycles. The molecule has 0 aromatic rings. The molecule has 19 heteroatoms. The highest BCUT2D eigenvalue weighted by molar-refractivity contribution is 7.47. The van der Waals surface area contributed by atoms with Gasteiger partial charge in [-0.15, -0.1) is 0 Å². The van der Waals surface area contributed by atoms with Crippen molar-refractivity contribution in [3.05, 3.63) is 134 Å². The highest BCUT2D eigenvalue weighted by atomic mass is 31.2. The van der Waals surface area contributed by atoms with Gasteiger partial charge in [0, 0.05) is 25.7 Å². The molecule has 104 heavy (non-hydrogen) atoms. The van der Waals surface area contributed by atoms with E-state index >= 15 is 0 Å². The Hall–Kier alpha value is -4.80. The number of aliphatic hydroxyl groups excluding tert-OH is 1. The van der Waals surface area contributed by atoms with Crippen LogP contribution in [0.15, 0.2) is 134 Å². The standard InChI is InChI=1S/C85H144O17P2/c1-5-9-13-17-21-25-29-33-37-38-39-40-44-46-50-54-58-62-66-70-83(88)96-76-81(102-85(90)72-68-64-60-56-52-48-43-36-32-28-24-20-16-12-8-4)78-100-104(93,94)98-74-79(86)73-97-103(91,92)99-77-80(101-84(89)71-67-63-59-55-51-47-42-35-31-27-23-19-15-11-7-3)75-95-82(87)69-65-61-57-53-49-45-41-34-30-26-22-18-14-10-6-2/h9-10,13-14,21-22,24-26,28,33-34,36-37,39-41,43,46,49-50,53,79-81,86H,5-8,11-12,15-20,23,27,29-32,35,38,42,44-45,47-48,51-52,54-78H2,1-4H3,(H,91,92)(H,93,94)/b13-9-,14-10-,25-21-,26-22-,28-24-,37-33-,40-39-,41-34-,43-36-,50-46-,53-49-. The molecule has 0 radical (unpaired) electrons. The molecule has 596 valence electrons. The van der Waals surface area contributed by atoms with E-state index in [0.29, 0.717) is 25.7 Å². The lowest BCUT2D eigenvalue weighted by atomic mass is 10.0. The first kappa shape index (κ1) is 99.2. The number of rotatable bonds is 75. The topological polar surface area (TPSA) is 237 Å². The Kier molecular flexibility index (Phi) is 72.9. The first-order valence-electron chi connectivity index (χ1n) is 40.4. The third kappa shape index (κ3) is 75.4. The molecule has 0 aromatic heterocycles. The maximum atomic E-state index is 13.1. The lowest BCUT2D eigenvalue weighted by Crippen LogP contribution is -2.30. The second kappa shape index (κ2) is 76.4. The zero-order valence-electron chi connectivity index (χ0n) is 65.2. The first-order valence-corrected chi connectivity index (χ1v) is 43.4. The van der Waals surface area contributed by atoms with E-state index in [1.807, 2.05) is 0 Å². The van der Waals surface area contributed by atoms with Gasteiger partial charge in [-0.1, -0.05) is 290 Å². The highest BCUT2D eigenvalue weighted by Gasteiger charge is 2.30. The quantitative estimate of drug-likeness (QED) is 0.0169. The van der Waals surface area contributed by atoms with Crippen molar-refractivity contribution in [3.8, 4) is 0 Å². The summed E-state index contributed by atoms with van der Waals surface area (Å²) in [5.74, 6) is -2.27. The van der Waals surface area contributed by atoms with E-state index in [2.05, 4.69) is 161 Å². The van der Waals surface area contributed by atoms with Gasteiger partial charge in [-0.2, -0.15) is 0 Å². The maximum Gasteiger partial charge on any atom is 0.472 e. The van der Waals surface area contributed by atoms with Crippen LogP contribution in [0, 0.1) is 0 Å². The van der Waals surface area contributed by atoms with Crippen molar-refractivity contribution in [2.45, 2.75) is 341 Å². The fourth-order valence-corrected chi connectivity index (χ4v) is 12.1. The molecule has 0 rings (SSSR count). The molecule has 0 aliphatic rings. The van der Waals surface area contributed by atoms with Crippen LogP contribution >= 0.6 is 15.6 Å². The molecule has 0 spiro atoms. The van der Waals surface area contributed by atoms with Gasteiger partial charge in [0.2, 0.25) is 0 Å². The van der Waals surface area contributed by atoms with E-state index in [9.17, 15) is 43.2 Å². The smallest absolute Gasteiger partial charge is 0.462 e. The van der Waals surface area contributed by atoms with Crippen LogP contribution in [-0.2, 0) is 65.4 Å². The Labute approximate surface area is 631 Å². The van der Waals surface area contributed by atoms with Crippen LogP contribution in [0.2, 0.25) is 0 Å². The van der Waals surface area contributed by atoms with Crippen molar-refractivity contribution in [2.24, 2.45) is 0 Å². The molecule has 17 nitrogen and oxygen atoms in total. The van der Waals surface area contributed by atoms with Crippen LogP contribution in [0.3, 0.4) is 0 Å². The number of phosphoric acid groups is 2. The van der Waals surface area contributed by atoms with Crippen LogP contribution in [-0.4, -0.2) is 96.7 Å². The van der Waals surface area contributed by atoms with Crippen molar-refractivity contribution >= 4 is 39.5 Å². The van der Waals surface area contributed by atoms with Crippen molar-refractivity contribution in [2.75, 3.05) is 39.6 Å². The Morgan fingerprint density at radius 3 is 0.817 bits per heavy atom. The molecule has 0 saturated carbocycles. The molecule has 0 fully saturated rings. The number of carbonyl (C=O) groups is 4. The first-order chi connectivity index (χ1) is 50.7. The Morgan fingerprint density at radius 2 is 0.500 bits per heavy atom. The predicted molar refractivity (Wildman–Crippen MR) is 427 cm³/mol. The van der Waals surface area contributed by atoms with Crippen LogP contribution in [0.4, 0.5) is 0 Å². The summed E-state index contributed by atoms with van der Waals surface area (Å²) in [7, 11) is -9.98. The third-order valence-electron chi connectivity index (χ3n) is 16.6. The summed E-state index contributed by atoms with van der Waals surface area (Å²) >= 11 is 0. The molecule has 0 bridgehead atoms. The summed E-state index contributed by atoms with van der Waals surface area (Å²) < 4.78 is 68.6. The van der Waals surface area contributed by atoms with E-state index < -0.39 is 97.5 Å². The van der Waals surface area contributed by atoms with Gasteiger partial charge < -0.3 is 33.8 Å². The van der Waals surface area contributed by atoms with Crippen molar-refractivity contribution in [1.29, 1.82) is 0 Å². The summed E-state index contributed by atoms with van der Waals surface area (Å²) in [5, 5.41) is 10.6. The summed E-state index contributed by atoms with van der Waals surface area (Å²) in [6, 6.07) is 0. The van der Waals surface area contributed by atoms with Gasteiger partial charge in [0.1, 0.15) is 19.3 Å². The molecule has 0 aliphatic carbocycles. The summed E-state index contributed by atoms with van der Waals surface area (Å²) in [6.45, 7) is 4.55. The molecule has 0 saturated heterocycles. The lowest BCUT2D eigenvalue weighted by Gasteiger charge is -2.21. The zero-order valence-corrected chi connectivity index (χ0v) is 66.9. The van der Waals surface area contributed by atoms with Gasteiger partial charge in [0.05, 0.1) is 26.4 Å².